The van der Waals surface area contributed by atoms with Crippen molar-refractivity contribution in [3.05, 3.63) is 16.0 Å². The normalized spacial score (nSPS) is 23.8. The predicted molar refractivity (Wildman–Crippen MR) is 96.7 cm³/mol. The lowest BCUT2D eigenvalue weighted by Crippen LogP contribution is -2.39. The number of amides is 1. The van der Waals surface area contributed by atoms with Gasteiger partial charge in [-0.2, -0.15) is 0 Å². The van der Waals surface area contributed by atoms with Crippen molar-refractivity contribution >= 4 is 35.0 Å². The van der Waals surface area contributed by atoms with Gasteiger partial charge in [0.2, 0.25) is 11.9 Å². The highest BCUT2D eigenvalue weighted by Gasteiger charge is 2.42. The lowest BCUT2D eigenvalue weighted by atomic mass is 9.87. The molecule has 1 fully saturated rings. The van der Waals surface area contributed by atoms with Crippen LogP contribution in [0.25, 0.3) is 5.00 Å². The maximum absolute atomic E-state index is 11.2. The van der Waals surface area contributed by atoms with Crippen LogP contribution in [0.4, 0.5) is 5.95 Å². The summed E-state index contributed by atoms with van der Waals surface area (Å²) < 4.78 is 2.08. The molecule has 2 aliphatic heterocycles. The molecule has 2 aromatic rings. The fraction of sp³-hybridized carbons (Fsp3) is 0.533. The summed E-state index contributed by atoms with van der Waals surface area (Å²) in [6.45, 7) is 3.02. The van der Waals surface area contributed by atoms with Gasteiger partial charge < -0.3 is 5.73 Å². The van der Waals surface area contributed by atoms with E-state index in [0.717, 1.165) is 18.8 Å². The van der Waals surface area contributed by atoms with E-state index in [0.29, 0.717) is 17.7 Å². The monoisotopic (exact) mass is 377 g/mol. The van der Waals surface area contributed by atoms with E-state index < -0.39 is 0 Å². The number of carbonyl (C=O) groups excluding carboxylic acids is 1. The molecule has 1 amide bonds. The predicted octanol–water partition coefficient (Wildman–Crippen LogP) is 0.915. The highest BCUT2D eigenvalue weighted by molar-refractivity contribution is 7.99. The number of hydrogen-bond donors (Lipinski definition) is 3. The number of nitrogens with one attached hydrogen (secondary N) is 2. The maximum atomic E-state index is 11.2. The Morgan fingerprint density at radius 1 is 1.48 bits per heavy atom. The van der Waals surface area contributed by atoms with E-state index in [1.165, 1.54) is 39.2 Å². The molecule has 1 aliphatic carbocycles. The first kappa shape index (κ1) is 15.6. The van der Waals surface area contributed by atoms with Crippen LogP contribution in [0.5, 0.6) is 0 Å². The average Bonchev–Trinajstić information content (AvgIpc) is 3.27. The number of primary amides is 1. The standard InChI is InChI=1S/C15H19N7OS2/c1-7-2-3-9-8(4-7)11-12-17-6-18-22(12)14-19-20-15(24-5-10(16)23)21(14)13(11)25-9/h7,12,17-18H,2-6H2,1H3,(H2,16,23)/t7-,12?/m1/s1. The third-order valence-corrected chi connectivity index (χ3v) is 7.23. The molecule has 132 valence electrons. The van der Waals surface area contributed by atoms with Crippen LogP contribution in [0.3, 0.4) is 0 Å². The molecular formula is C15H19N7OS2. The first-order valence-electron chi connectivity index (χ1n) is 8.41. The van der Waals surface area contributed by atoms with E-state index in [2.05, 4.69) is 37.4 Å². The number of hydrazine groups is 1. The largest absolute Gasteiger partial charge is 0.369 e. The fourth-order valence-corrected chi connectivity index (χ4v) is 5.97. The number of hydrogen-bond acceptors (Lipinski definition) is 8. The fourth-order valence-electron chi connectivity index (χ4n) is 3.87. The number of nitrogens with two attached hydrogens (primary N) is 1. The third-order valence-electron chi connectivity index (χ3n) is 4.98. The van der Waals surface area contributed by atoms with E-state index in [1.807, 2.05) is 11.3 Å². The minimum atomic E-state index is -0.350. The van der Waals surface area contributed by atoms with Gasteiger partial charge in [0.15, 0.2) is 5.16 Å². The minimum Gasteiger partial charge on any atom is -0.369 e. The number of thiophene rings is 1. The molecule has 3 aliphatic rings. The van der Waals surface area contributed by atoms with Crippen molar-refractivity contribution < 1.29 is 4.79 Å². The summed E-state index contributed by atoms with van der Waals surface area (Å²) in [5.41, 5.74) is 11.5. The third kappa shape index (κ3) is 2.31. The Labute approximate surface area is 153 Å². The van der Waals surface area contributed by atoms with Crippen molar-refractivity contribution in [2.75, 3.05) is 17.4 Å². The first-order valence-corrected chi connectivity index (χ1v) is 10.2. The summed E-state index contributed by atoms with van der Waals surface area (Å²) in [6.07, 6.45) is 3.58. The zero-order valence-electron chi connectivity index (χ0n) is 13.8. The average molecular weight is 377 g/mol. The molecule has 25 heavy (non-hydrogen) atoms. The minimum absolute atomic E-state index is 0.0889. The SMILES string of the molecule is C[C@@H]1CCc2sc3c(c2C1)C1NCNN1c1nnc(SCC(N)=O)n1-3. The van der Waals surface area contributed by atoms with Gasteiger partial charge in [-0.1, -0.05) is 18.7 Å². The van der Waals surface area contributed by atoms with Gasteiger partial charge in [-0.15, -0.1) is 21.5 Å². The van der Waals surface area contributed by atoms with E-state index in [-0.39, 0.29) is 17.8 Å². The molecule has 8 nitrogen and oxygen atoms in total. The number of anilines is 1. The zero-order chi connectivity index (χ0) is 17.1. The van der Waals surface area contributed by atoms with Crippen LogP contribution in [-0.2, 0) is 17.6 Å². The van der Waals surface area contributed by atoms with Gasteiger partial charge in [-0.3, -0.25) is 15.1 Å². The Morgan fingerprint density at radius 3 is 3.20 bits per heavy atom. The number of nitrogens with zero attached hydrogens (tertiary/aromatic N) is 4. The summed E-state index contributed by atoms with van der Waals surface area (Å²) in [5.74, 6) is 1.32. The number of aromatic nitrogens is 3. The summed E-state index contributed by atoms with van der Waals surface area (Å²) in [7, 11) is 0. The van der Waals surface area contributed by atoms with Gasteiger partial charge in [0.25, 0.3) is 0 Å². The lowest BCUT2D eigenvalue weighted by Gasteiger charge is -2.31. The Morgan fingerprint density at radius 2 is 2.36 bits per heavy atom. The van der Waals surface area contributed by atoms with E-state index in [4.69, 9.17) is 5.73 Å². The van der Waals surface area contributed by atoms with Gasteiger partial charge in [0.05, 0.1) is 12.4 Å². The van der Waals surface area contributed by atoms with Crippen LogP contribution in [0.2, 0.25) is 0 Å². The molecule has 1 unspecified atom stereocenters. The van der Waals surface area contributed by atoms with Crippen LogP contribution in [0, 0.1) is 5.92 Å². The molecule has 10 heteroatoms. The van der Waals surface area contributed by atoms with Gasteiger partial charge in [-0.25, -0.2) is 9.99 Å². The van der Waals surface area contributed by atoms with Crippen molar-refractivity contribution in [1.82, 2.24) is 25.5 Å². The van der Waals surface area contributed by atoms with Crippen molar-refractivity contribution in [2.45, 2.75) is 37.5 Å². The Bertz CT molecular complexity index is 860. The van der Waals surface area contributed by atoms with Crippen molar-refractivity contribution in [3.63, 3.8) is 0 Å². The van der Waals surface area contributed by atoms with E-state index in [1.54, 1.807) is 0 Å². The van der Waals surface area contributed by atoms with Gasteiger partial charge >= 0.3 is 0 Å². The van der Waals surface area contributed by atoms with Crippen molar-refractivity contribution in [3.8, 4) is 5.00 Å². The second-order valence-corrected chi connectivity index (χ2v) is 8.78. The maximum Gasteiger partial charge on any atom is 0.249 e. The van der Waals surface area contributed by atoms with Crippen LogP contribution in [0.1, 0.15) is 35.5 Å². The van der Waals surface area contributed by atoms with Crippen molar-refractivity contribution in [2.24, 2.45) is 11.7 Å². The molecule has 0 bridgehead atoms. The molecular weight excluding hydrogens is 358 g/mol. The van der Waals surface area contributed by atoms with Crippen LogP contribution >= 0.6 is 23.1 Å². The summed E-state index contributed by atoms with van der Waals surface area (Å²) in [5, 5.41) is 16.2. The first-order chi connectivity index (χ1) is 12.1. The summed E-state index contributed by atoms with van der Waals surface area (Å²) >= 11 is 3.18. The van der Waals surface area contributed by atoms with Gasteiger partial charge in [0.1, 0.15) is 11.2 Å². The molecule has 2 aromatic heterocycles. The topological polar surface area (TPSA) is 101 Å². The van der Waals surface area contributed by atoms with E-state index >= 15 is 0 Å². The molecule has 2 atom stereocenters. The molecule has 0 aromatic carbocycles. The molecule has 5 rings (SSSR count). The molecule has 4 heterocycles. The van der Waals surface area contributed by atoms with Gasteiger partial charge in [0, 0.05) is 10.4 Å². The lowest BCUT2D eigenvalue weighted by molar-refractivity contribution is -0.115. The Balaban J connectivity index is 1.67. The molecule has 4 N–H and O–H groups in total. The molecule has 1 saturated heterocycles. The highest BCUT2D eigenvalue weighted by atomic mass is 32.2. The number of fused-ring (bicyclic) bond motifs is 8. The van der Waals surface area contributed by atoms with Crippen LogP contribution in [0.15, 0.2) is 5.16 Å². The highest BCUT2D eigenvalue weighted by Crippen LogP contribution is 2.48. The van der Waals surface area contributed by atoms with Gasteiger partial charge in [-0.05, 0) is 30.7 Å². The molecule has 0 radical (unpaired) electrons. The molecule has 0 saturated carbocycles. The van der Waals surface area contributed by atoms with Crippen LogP contribution in [-0.4, -0.2) is 33.1 Å². The second-order valence-electron chi connectivity index (χ2n) is 6.76. The Hall–Kier alpha value is -1.62. The summed E-state index contributed by atoms with van der Waals surface area (Å²) in [4.78, 5) is 12.7. The van der Waals surface area contributed by atoms with Crippen molar-refractivity contribution in [1.29, 1.82) is 0 Å². The number of carbonyl (C=O) groups is 1. The smallest absolute Gasteiger partial charge is 0.249 e. The number of aryl methyl sites for hydroxylation is 1. The molecule has 0 spiro atoms. The van der Waals surface area contributed by atoms with Crippen LogP contribution < -0.4 is 21.5 Å². The number of rotatable bonds is 3. The summed E-state index contributed by atoms with van der Waals surface area (Å²) in [6, 6.07) is 0. The number of thioether (sulfide) groups is 1. The quantitative estimate of drug-likeness (QED) is 0.684. The zero-order valence-corrected chi connectivity index (χ0v) is 15.4. The Kier molecular flexibility index (Phi) is 3.56. The second kappa shape index (κ2) is 5.70. The van der Waals surface area contributed by atoms with E-state index in [9.17, 15) is 4.79 Å².